The third kappa shape index (κ3) is 3.46. The van der Waals surface area contributed by atoms with Crippen molar-refractivity contribution >= 4 is 38.9 Å². The summed E-state index contributed by atoms with van der Waals surface area (Å²) in [6.45, 7) is 1.18. The van der Waals surface area contributed by atoms with Crippen LogP contribution in [0, 0.1) is 0 Å². The Kier molecular flexibility index (Phi) is 4.62. The Bertz CT molecular complexity index is 496. The van der Waals surface area contributed by atoms with Crippen molar-refractivity contribution in [2.75, 3.05) is 12.3 Å². The van der Waals surface area contributed by atoms with E-state index in [1.807, 2.05) is 0 Å². The van der Waals surface area contributed by atoms with Crippen molar-refractivity contribution in [1.29, 1.82) is 0 Å². The monoisotopic (exact) mass is 298 g/mol. The van der Waals surface area contributed by atoms with Gasteiger partial charge in [-0.25, -0.2) is 13.1 Å². The molecule has 0 amide bonds. The van der Waals surface area contributed by atoms with Crippen molar-refractivity contribution in [1.82, 2.24) is 4.72 Å². The Morgan fingerprint density at radius 3 is 2.53 bits per heavy atom. The number of anilines is 1. The van der Waals surface area contributed by atoms with Gasteiger partial charge in [0, 0.05) is 11.1 Å². The predicted octanol–water partition coefficient (Wildman–Crippen LogP) is 1.23. The molecule has 1 rings (SSSR count). The van der Waals surface area contributed by atoms with Crippen molar-refractivity contribution in [3.8, 4) is 0 Å². The summed E-state index contributed by atoms with van der Waals surface area (Å²) in [7, 11) is -3.88. The molecule has 96 valence electrons. The molecule has 0 radical (unpaired) electrons. The third-order valence-corrected chi connectivity index (χ3v) is 4.27. The van der Waals surface area contributed by atoms with Crippen molar-refractivity contribution in [3.05, 3.63) is 22.2 Å². The van der Waals surface area contributed by atoms with E-state index in [2.05, 4.69) is 4.72 Å². The highest BCUT2D eigenvalue weighted by Gasteiger charge is 2.23. The van der Waals surface area contributed by atoms with Crippen LogP contribution in [0.3, 0.4) is 0 Å². The first-order valence-electron chi connectivity index (χ1n) is 4.65. The lowest BCUT2D eigenvalue weighted by atomic mass is 10.3. The predicted molar refractivity (Wildman–Crippen MR) is 67.7 cm³/mol. The van der Waals surface area contributed by atoms with Gasteiger partial charge in [-0.15, -0.1) is 0 Å². The number of halogens is 2. The van der Waals surface area contributed by atoms with Crippen LogP contribution in [0.4, 0.5) is 5.69 Å². The number of benzene rings is 1. The van der Waals surface area contributed by atoms with Crippen molar-refractivity contribution in [2.24, 2.45) is 0 Å². The summed E-state index contributed by atoms with van der Waals surface area (Å²) in [6, 6.07) is 1.95. The molecule has 0 fully saturated rings. The van der Waals surface area contributed by atoms with Gasteiger partial charge in [-0.05, 0) is 19.1 Å². The van der Waals surface area contributed by atoms with E-state index in [1.54, 1.807) is 0 Å². The lowest BCUT2D eigenvalue weighted by Gasteiger charge is -2.14. The normalized spacial score (nSPS) is 13.6. The maximum absolute atomic E-state index is 11.9. The second-order valence-electron chi connectivity index (χ2n) is 3.51. The van der Waals surface area contributed by atoms with Gasteiger partial charge in [-0.1, -0.05) is 23.2 Å². The molecule has 1 atom stereocenters. The standard InChI is InChI=1S/C9H12Cl2N2O3S/c1-5(4-14)13-17(15,16)9-7(11)2-6(10)3-8(9)12/h2-3,5,13-14H,4,12H2,1H3/t5-/m1/s1. The molecule has 0 aromatic heterocycles. The fourth-order valence-electron chi connectivity index (χ4n) is 1.22. The molecule has 0 heterocycles. The third-order valence-electron chi connectivity index (χ3n) is 1.94. The van der Waals surface area contributed by atoms with Crippen LogP contribution in [0.1, 0.15) is 6.92 Å². The Labute approximate surface area is 110 Å². The lowest BCUT2D eigenvalue weighted by Crippen LogP contribution is -2.35. The van der Waals surface area contributed by atoms with Crippen LogP contribution in [-0.4, -0.2) is 26.2 Å². The summed E-state index contributed by atoms with van der Waals surface area (Å²) in [5.41, 5.74) is 5.53. The Morgan fingerprint density at radius 2 is 2.06 bits per heavy atom. The van der Waals surface area contributed by atoms with E-state index in [-0.39, 0.29) is 27.2 Å². The molecule has 17 heavy (non-hydrogen) atoms. The van der Waals surface area contributed by atoms with Gasteiger partial charge in [-0.3, -0.25) is 0 Å². The fourth-order valence-corrected chi connectivity index (χ4v) is 3.45. The number of aliphatic hydroxyl groups excluding tert-OH is 1. The van der Waals surface area contributed by atoms with E-state index in [9.17, 15) is 8.42 Å². The minimum atomic E-state index is -3.88. The Hall–Kier alpha value is -0.530. The molecular weight excluding hydrogens is 287 g/mol. The molecule has 0 aliphatic rings. The molecule has 8 heteroatoms. The molecule has 0 spiro atoms. The molecule has 5 nitrogen and oxygen atoms in total. The molecule has 0 saturated heterocycles. The largest absolute Gasteiger partial charge is 0.398 e. The highest BCUT2D eigenvalue weighted by Crippen LogP contribution is 2.31. The van der Waals surface area contributed by atoms with E-state index in [1.165, 1.54) is 19.1 Å². The Morgan fingerprint density at radius 1 is 1.47 bits per heavy atom. The maximum Gasteiger partial charge on any atom is 0.244 e. The summed E-state index contributed by atoms with van der Waals surface area (Å²) < 4.78 is 26.1. The Balaban J connectivity index is 3.25. The first kappa shape index (κ1) is 14.5. The summed E-state index contributed by atoms with van der Waals surface area (Å²) in [5, 5.41) is 9.00. The van der Waals surface area contributed by atoms with E-state index in [0.717, 1.165) is 0 Å². The molecule has 1 aromatic carbocycles. The van der Waals surface area contributed by atoms with Crippen molar-refractivity contribution < 1.29 is 13.5 Å². The minimum absolute atomic E-state index is 0.0415. The van der Waals surface area contributed by atoms with Crippen LogP contribution in [0.25, 0.3) is 0 Å². The molecule has 0 bridgehead atoms. The molecule has 0 aliphatic carbocycles. The van der Waals surface area contributed by atoms with Crippen molar-refractivity contribution in [3.63, 3.8) is 0 Å². The van der Waals surface area contributed by atoms with Gasteiger partial charge < -0.3 is 10.8 Å². The van der Waals surface area contributed by atoms with Crippen LogP contribution in [-0.2, 0) is 10.0 Å². The zero-order valence-corrected chi connectivity index (χ0v) is 11.3. The molecule has 0 saturated carbocycles. The topological polar surface area (TPSA) is 92.4 Å². The van der Waals surface area contributed by atoms with E-state index in [0.29, 0.717) is 0 Å². The number of hydrogen-bond acceptors (Lipinski definition) is 4. The van der Waals surface area contributed by atoms with Crippen LogP contribution in [0.15, 0.2) is 17.0 Å². The molecule has 1 aromatic rings. The van der Waals surface area contributed by atoms with Gasteiger partial charge in [0.15, 0.2) is 0 Å². The van der Waals surface area contributed by atoms with Crippen LogP contribution >= 0.6 is 23.2 Å². The SMILES string of the molecule is C[C@H](CO)NS(=O)(=O)c1c(N)cc(Cl)cc1Cl. The summed E-state index contributed by atoms with van der Waals surface area (Å²) in [4.78, 5) is -0.233. The van der Waals surface area contributed by atoms with Crippen LogP contribution in [0.5, 0.6) is 0 Å². The lowest BCUT2D eigenvalue weighted by molar-refractivity contribution is 0.265. The number of nitrogens with one attached hydrogen (secondary N) is 1. The van der Waals surface area contributed by atoms with Crippen molar-refractivity contribution in [2.45, 2.75) is 17.9 Å². The first-order valence-corrected chi connectivity index (χ1v) is 6.89. The maximum atomic E-state index is 11.9. The first-order chi connectivity index (χ1) is 7.77. The zero-order valence-electron chi connectivity index (χ0n) is 8.94. The van der Waals surface area contributed by atoms with E-state index >= 15 is 0 Å². The summed E-state index contributed by atoms with van der Waals surface area (Å²) in [5.74, 6) is 0. The van der Waals surface area contributed by atoms with Gasteiger partial charge in [0.1, 0.15) is 4.90 Å². The fraction of sp³-hybridized carbons (Fsp3) is 0.333. The highest BCUT2D eigenvalue weighted by atomic mass is 35.5. The van der Waals surface area contributed by atoms with Gasteiger partial charge in [0.25, 0.3) is 0 Å². The molecule has 0 unspecified atom stereocenters. The number of rotatable bonds is 4. The van der Waals surface area contributed by atoms with Crippen LogP contribution in [0.2, 0.25) is 10.0 Å². The van der Waals surface area contributed by atoms with Gasteiger partial charge in [0.2, 0.25) is 10.0 Å². The average Bonchev–Trinajstić information content (AvgIpc) is 2.14. The number of nitrogen functional groups attached to an aromatic ring is 1. The number of hydrogen-bond donors (Lipinski definition) is 3. The van der Waals surface area contributed by atoms with E-state index < -0.39 is 16.1 Å². The smallest absolute Gasteiger partial charge is 0.244 e. The average molecular weight is 299 g/mol. The number of nitrogens with two attached hydrogens (primary N) is 1. The van der Waals surface area contributed by atoms with Gasteiger partial charge >= 0.3 is 0 Å². The number of sulfonamides is 1. The van der Waals surface area contributed by atoms with Crippen LogP contribution < -0.4 is 10.5 Å². The summed E-state index contributed by atoms with van der Waals surface area (Å²) >= 11 is 11.5. The molecular formula is C9H12Cl2N2O3S. The molecule has 0 aliphatic heterocycles. The van der Waals surface area contributed by atoms with Gasteiger partial charge in [0.05, 0.1) is 17.3 Å². The number of aliphatic hydroxyl groups is 1. The second-order valence-corrected chi connectivity index (χ2v) is 6.01. The quantitative estimate of drug-likeness (QED) is 0.729. The second kappa shape index (κ2) is 5.41. The minimum Gasteiger partial charge on any atom is -0.398 e. The molecule has 4 N–H and O–H groups in total. The van der Waals surface area contributed by atoms with E-state index in [4.69, 9.17) is 34.0 Å². The highest BCUT2D eigenvalue weighted by molar-refractivity contribution is 7.89. The zero-order chi connectivity index (χ0) is 13.2. The summed E-state index contributed by atoms with van der Waals surface area (Å²) in [6.07, 6.45) is 0. The van der Waals surface area contributed by atoms with Gasteiger partial charge in [-0.2, -0.15) is 0 Å².